The molecule has 0 saturated heterocycles. The Morgan fingerprint density at radius 3 is 2.50 bits per heavy atom. The van der Waals surface area contributed by atoms with Crippen LogP contribution in [0, 0.1) is 0 Å². The number of aryl methyl sites for hydroxylation is 1. The van der Waals surface area contributed by atoms with E-state index < -0.39 is 0 Å². The lowest BCUT2D eigenvalue weighted by atomic mass is 10.1. The van der Waals surface area contributed by atoms with Crippen LogP contribution in [0.3, 0.4) is 0 Å². The van der Waals surface area contributed by atoms with Gasteiger partial charge in [-0.1, -0.05) is 61.2 Å². The Kier molecular flexibility index (Phi) is 7.03. The molecule has 0 fully saturated rings. The van der Waals surface area contributed by atoms with Gasteiger partial charge in [0.1, 0.15) is 10.8 Å². The van der Waals surface area contributed by atoms with Gasteiger partial charge in [0.05, 0.1) is 18.6 Å². The number of amides is 1. The smallest absolute Gasteiger partial charge is 0.230 e. The molecule has 2 aromatic carbocycles. The molecule has 0 atom stereocenters. The van der Waals surface area contributed by atoms with Gasteiger partial charge < -0.3 is 10.1 Å². The van der Waals surface area contributed by atoms with E-state index in [4.69, 9.17) is 4.74 Å². The maximum absolute atomic E-state index is 12.1. The van der Waals surface area contributed by atoms with Gasteiger partial charge in [0.15, 0.2) is 0 Å². The number of nitrogens with zero attached hydrogens (tertiary/aromatic N) is 2. The zero-order valence-electron chi connectivity index (χ0n) is 16.0. The molecule has 1 amide bonds. The number of thioether (sulfide) groups is 1. The van der Waals surface area contributed by atoms with E-state index in [0.29, 0.717) is 6.54 Å². The van der Waals surface area contributed by atoms with Gasteiger partial charge in [-0.3, -0.25) is 4.79 Å². The van der Waals surface area contributed by atoms with E-state index in [2.05, 4.69) is 46.7 Å². The van der Waals surface area contributed by atoms with Crippen molar-refractivity contribution >= 4 is 17.7 Å². The number of carbonyl (C=O) groups excluding carboxylic acids is 1. The quantitative estimate of drug-likeness (QED) is 0.583. The first kappa shape index (κ1) is 19.9. The van der Waals surface area contributed by atoms with E-state index in [1.54, 1.807) is 7.11 Å². The van der Waals surface area contributed by atoms with Gasteiger partial charge in [-0.05, 0) is 30.2 Å². The molecule has 0 unspecified atom stereocenters. The lowest BCUT2D eigenvalue weighted by Crippen LogP contribution is -2.24. The number of methoxy groups -OCH3 is 1. The lowest BCUT2D eigenvalue weighted by Gasteiger charge is -2.09. The number of hydrogen-bond acceptors (Lipinski definition) is 5. The molecule has 28 heavy (non-hydrogen) atoms. The highest BCUT2D eigenvalue weighted by atomic mass is 32.2. The van der Waals surface area contributed by atoms with Gasteiger partial charge in [-0.25, -0.2) is 0 Å². The molecular weight excluding hydrogens is 370 g/mol. The molecule has 0 aliphatic rings. The standard InChI is InChI=1S/C22H23N3O2S/c1-3-16-8-10-17(11-9-16)19-12-13-22(25-24-19)28-15-21(26)23-14-18-6-4-5-7-20(18)27-2/h4-13H,3,14-15H2,1-2H3,(H,23,26). The number of aromatic nitrogens is 2. The second-order valence-corrected chi connectivity index (χ2v) is 7.18. The summed E-state index contributed by atoms with van der Waals surface area (Å²) in [5.74, 6) is 0.995. The fourth-order valence-corrected chi connectivity index (χ4v) is 3.34. The van der Waals surface area contributed by atoms with E-state index in [-0.39, 0.29) is 11.7 Å². The van der Waals surface area contributed by atoms with E-state index >= 15 is 0 Å². The monoisotopic (exact) mass is 393 g/mol. The molecule has 0 saturated carbocycles. The van der Waals surface area contributed by atoms with Crippen LogP contribution in [0.2, 0.25) is 0 Å². The predicted octanol–water partition coefficient (Wildman–Crippen LogP) is 4.12. The minimum atomic E-state index is -0.0584. The van der Waals surface area contributed by atoms with Crippen LogP contribution in [0.4, 0.5) is 0 Å². The van der Waals surface area contributed by atoms with Crippen LogP contribution in [0.25, 0.3) is 11.3 Å². The molecule has 144 valence electrons. The zero-order valence-corrected chi connectivity index (χ0v) is 16.8. The molecule has 5 nitrogen and oxygen atoms in total. The summed E-state index contributed by atoms with van der Waals surface area (Å²) in [5, 5.41) is 12.1. The third-order valence-corrected chi connectivity index (χ3v) is 5.24. The Morgan fingerprint density at radius 2 is 1.82 bits per heavy atom. The van der Waals surface area contributed by atoms with Gasteiger partial charge in [0, 0.05) is 17.7 Å². The first-order valence-electron chi connectivity index (χ1n) is 9.14. The van der Waals surface area contributed by atoms with Gasteiger partial charge in [0.25, 0.3) is 0 Å². The average Bonchev–Trinajstić information content (AvgIpc) is 2.77. The molecular formula is C22H23N3O2S. The molecule has 0 aliphatic heterocycles. The van der Waals surface area contributed by atoms with Crippen molar-refractivity contribution in [2.45, 2.75) is 24.9 Å². The zero-order chi connectivity index (χ0) is 19.8. The van der Waals surface area contributed by atoms with Gasteiger partial charge in [-0.2, -0.15) is 0 Å². The highest BCUT2D eigenvalue weighted by Crippen LogP contribution is 2.21. The number of nitrogens with one attached hydrogen (secondary N) is 1. The molecule has 1 N–H and O–H groups in total. The largest absolute Gasteiger partial charge is 0.496 e. The maximum Gasteiger partial charge on any atom is 0.230 e. The summed E-state index contributed by atoms with van der Waals surface area (Å²) in [5.41, 5.74) is 4.10. The fraction of sp³-hybridized carbons (Fsp3) is 0.227. The SMILES string of the molecule is CCc1ccc(-c2ccc(SCC(=O)NCc3ccccc3OC)nn2)cc1. The highest BCUT2D eigenvalue weighted by Gasteiger charge is 2.07. The Balaban J connectivity index is 1.50. The number of ether oxygens (including phenoxy) is 1. The van der Waals surface area contributed by atoms with Crippen molar-refractivity contribution < 1.29 is 9.53 Å². The van der Waals surface area contributed by atoms with Crippen LogP contribution in [0.15, 0.2) is 65.7 Å². The number of benzene rings is 2. The summed E-state index contributed by atoms with van der Waals surface area (Å²) in [7, 11) is 1.62. The Morgan fingerprint density at radius 1 is 1.04 bits per heavy atom. The normalized spacial score (nSPS) is 10.5. The van der Waals surface area contributed by atoms with Crippen molar-refractivity contribution in [3.63, 3.8) is 0 Å². The molecule has 1 heterocycles. The first-order valence-corrected chi connectivity index (χ1v) is 10.1. The number of hydrogen-bond donors (Lipinski definition) is 1. The molecule has 3 rings (SSSR count). The van der Waals surface area contributed by atoms with Crippen LogP contribution in [0.5, 0.6) is 5.75 Å². The van der Waals surface area contributed by atoms with Crippen molar-refractivity contribution in [2.24, 2.45) is 0 Å². The van der Waals surface area contributed by atoms with Crippen LogP contribution in [0.1, 0.15) is 18.1 Å². The number of para-hydroxylation sites is 1. The van der Waals surface area contributed by atoms with Gasteiger partial charge in [-0.15, -0.1) is 10.2 Å². The second-order valence-electron chi connectivity index (χ2n) is 6.18. The van der Waals surface area contributed by atoms with E-state index in [9.17, 15) is 4.79 Å². The van der Waals surface area contributed by atoms with Crippen molar-refractivity contribution in [1.29, 1.82) is 0 Å². The predicted molar refractivity (Wildman–Crippen MR) is 112 cm³/mol. The third kappa shape index (κ3) is 5.33. The summed E-state index contributed by atoms with van der Waals surface area (Å²) in [6, 6.07) is 19.8. The van der Waals surface area contributed by atoms with Crippen LogP contribution < -0.4 is 10.1 Å². The van der Waals surface area contributed by atoms with Crippen molar-refractivity contribution in [3.05, 3.63) is 71.8 Å². The summed E-state index contributed by atoms with van der Waals surface area (Å²) < 4.78 is 5.29. The molecule has 0 bridgehead atoms. The summed E-state index contributed by atoms with van der Waals surface area (Å²) in [6.45, 7) is 2.56. The Bertz CT molecular complexity index is 912. The van der Waals surface area contributed by atoms with E-state index in [0.717, 1.165) is 34.0 Å². The summed E-state index contributed by atoms with van der Waals surface area (Å²) >= 11 is 1.37. The topological polar surface area (TPSA) is 64.1 Å². The van der Waals surface area contributed by atoms with Crippen molar-refractivity contribution in [2.75, 3.05) is 12.9 Å². The van der Waals surface area contributed by atoms with Crippen LogP contribution in [-0.2, 0) is 17.8 Å². The van der Waals surface area contributed by atoms with Crippen molar-refractivity contribution in [3.8, 4) is 17.0 Å². The van der Waals surface area contributed by atoms with Crippen LogP contribution >= 0.6 is 11.8 Å². The minimum absolute atomic E-state index is 0.0584. The molecule has 0 spiro atoms. The van der Waals surface area contributed by atoms with E-state index in [1.807, 2.05) is 36.4 Å². The second kappa shape index (κ2) is 9.90. The van der Waals surface area contributed by atoms with Gasteiger partial charge >= 0.3 is 0 Å². The highest BCUT2D eigenvalue weighted by molar-refractivity contribution is 7.99. The van der Waals surface area contributed by atoms with E-state index in [1.165, 1.54) is 17.3 Å². The fourth-order valence-electron chi connectivity index (χ4n) is 2.70. The lowest BCUT2D eigenvalue weighted by molar-refractivity contribution is -0.118. The van der Waals surface area contributed by atoms with Crippen LogP contribution in [-0.4, -0.2) is 29.0 Å². The maximum atomic E-state index is 12.1. The molecule has 6 heteroatoms. The Hall–Kier alpha value is -2.86. The molecule has 1 aromatic heterocycles. The minimum Gasteiger partial charge on any atom is -0.496 e. The first-order chi connectivity index (χ1) is 13.7. The number of carbonyl (C=O) groups is 1. The summed E-state index contributed by atoms with van der Waals surface area (Å²) in [6.07, 6.45) is 1.01. The summed E-state index contributed by atoms with van der Waals surface area (Å²) in [4.78, 5) is 12.1. The average molecular weight is 394 g/mol. The van der Waals surface area contributed by atoms with Crippen molar-refractivity contribution in [1.82, 2.24) is 15.5 Å². The Labute approximate surface area is 169 Å². The number of rotatable bonds is 8. The molecule has 0 aliphatic carbocycles. The van der Waals surface area contributed by atoms with Gasteiger partial charge in [0.2, 0.25) is 5.91 Å². The molecule has 0 radical (unpaired) electrons. The molecule has 3 aromatic rings. The third-order valence-electron chi connectivity index (χ3n) is 4.32.